The first-order valence-electron chi connectivity index (χ1n) is 12.3. The molecule has 41 heavy (non-hydrogen) atoms. The topological polar surface area (TPSA) is 101 Å². The van der Waals surface area contributed by atoms with Crippen molar-refractivity contribution in [3.05, 3.63) is 105 Å². The van der Waals surface area contributed by atoms with Gasteiger partial charge >= 0.3 is 11.0 Å². The van der Waals surface area contributed by atoms with Gasteiger partial charge in [-0.25, -0.2) is 4.90 Å². The molecule has 4 aromatic rings. The Kier molecular flexibility index (Phi) is 6.78. The lowest BCUT2D eigenvalue weighted by molar-refractivity contribution is -0.137. The Bertz CT molecular complexity index is 1720. The van der Waals surface area contributed by atoms with E-state index in [1.54, 1.807) is 54.9 Å². The third-order valence-electron chi connectivity index (χ3n) is 6.88. The van der Waals surface area contributed by atoms with Gasteiger partial charge in [0.05, 0.1) is 22.2 Å². The van der Waals surface area contributed by atoms with Crippen molar-refractivity contribution >= 4 is 52.2 Å². The second kappa shape index (κ2) is 10.3. The molecule has 0 radical (unpaired) electrons. The second-order valence-electron chi connectivity index (χ2n) is 9.43. The minimum absolute atomic E-state index is 0.0713. The molecule has 0 spiro atoms. The smallest absolute Gasteiger partial charge is 0.325 e. The van der Waals surface area contributed by atoms with Gasteiger partial charge in [0, 0.05) is 28.9 Å². The van der Waals surface area contributed by atoms with Crippen molar-refractivity contribution in [3.63, 3.8) is 0 Å². The molecule has 2 aliphatic rings. The standard InChI is InChI=1S/C28H19F3N4O4S2/c29-28(30,31)16-7-4-8-17(12-16)33-19(36)14-34-26-23(41-27(34)39)20(15-6-5-11-32-13-15)21-22(40-26)25(38)35(24(21)37)18-9-2-1-3-10-18/h1-13,20-22H,14H2,(H,33,36). The van der Waals surface area contributed by atoms with Crippen LogP contribution in [0.5, 0.6) is 0 Å². The number of amides is 3. The molecular formula is C28H19F3N4O4S2. The van der Waals surface area contributed by atoms with E-state index in [-0.39, 0.29) is 5.69 Å². The van der Waals surface area contributed by atoms with Gasteiger partial charge < -0.3 is 5.32 Å². The number of thioether (sulfide) groups is 1. The average molecular weight is 597 g/mol. The van der Waals surface area contributed by atoms with E-state index in [0.717, 1.165) is 40.1 Å². The predicted octanol–water partition coefficient (Wildman–Crippen LogP) is 4.76. The fourth-order valence-corrected chi connectivity index (χ4v) is 7.90. The molecule has 6 rings (SSSR count). The van der Waals surface area contributed by atoms with E-state index >= 15 is 0 Å². The van der Waals surface area contributed by atoms with Crippen molar-refractivity contribution in [2.24, 2.45) is 5.92 Å². The number of thiazole rings is 1. The first-order chi connectivity index (χ1) is 19.6. The summed E-state index contributed by atoms with van der Waals surface area (Å²) < 4.78 is 40.5. The molecule has 13 heteroatoms. The summed E-state index contributed by atoms with van der Waals surface area (Å²) in [5.74, 6) is -3.02. The van der Waals surface area contributed by atoms with Crippen molar-refractivity contribution in [1.82, 2.24) is 9.55 Å². The van der Waals surface area contributed by atoms with Crippen LogP contribution < -0.4 is 15.1 Å². The minimum atomic E-state index is -4.59. The first kappa shape index (κ1) is 27.0. The van der Waals surface area contributed by atoms with Crippen molar-refractivity contribution < 1.29 is 27.6 Å². The van der Waals surface area contributed by atoms with E-state index in [9.17, 15) is 32.3 Å². The van der Waals surface area contributed by atoms with Crippen molar-refractivity contribution in [3.8, 4) is 0 Å². The second-order valence-corrected chi connectivity index (χ2v) is 11.5. The van der Waals surface area contributed by atoms with Crippen LogP contribution in [0.25, 0.3) is 0 Å². The van der Waals surface area contributed by atoms with Crippen molar-refractivity contribution in [2.75, 3.05) is 10.2 Å². The number of hydrogen-bond acceptors (Lipinski definition) is 7. The molecule has 3 unspecified atom stereocenters. The molecule has 0 aliphatic carbocycles. The predicted molar refractivity (Wildman–Crippen MR) is 147 cm³/mol. The third kappa shape index (κ3) is 4.84. The molecule has 2 aromatic carbocycles. The van der Waals surface area contributed by atoms with Crippen LogP contribution in [0.4, 0.5) is 24.5 Å². The fraction of sp³-hybridized carbons (Fsp3) is 0.179. The molecule has 1 saturated heterocycles. The molecule has 208 valence electrons. The SMILES string of the molecule is O=C(Cn1c2c(sc1=O)C(c1cccnc1)C1C(=O)N(c3ccccc3)C(=O)C1S2)Nc1cccc(C(F)(F)F)c1. The van der Waals surface area contributed by atoms with Crippen LogP contribution >= 0.6 is 23.1 Å². The van der Waals surface area contributed by atoms with Gasteiger partial charge in [0.2, 0.25) is 17.7 Å². The quantitative estimate of drug-likeness (QED) is 0.334. The van der Waals surface area contributed by atoms with Gasteiger partial charge in [0.25, 0.3) is 0 Å². The molecule has 0 bridgehead atoms. The summed E-state index contributed by atoms with van der Waals surface area (Å²) in [4.78, 5) is 58.9. The maximum absolute atomic E-state index is 13.8. The van der Waals surface area contributed by atoms with E-state index < -0.39 is 58.0 Å². The number of hydrogen-bond donors (Lipinski definition) is 1. The summed E-state index contributed by atoms with van der Waals surface area (Å²) in [7, 11) is 0. The number of para-hydroxylation sites is 1. The zero-order chi connectivity index (χ0) is 28.9. The van der Waals surface area contributed by atoms with Gasteiger partial charge in [-0.2, -0.15) is 13.2 Å². The zero-order valence-corrected chi connectivity index (χ0v) is 22.5. The van der Waals surface area contributed by atoms with Gasteiger partial charge in [-0.05, 0) is 42.0 Å². The third-order valence-corrected chi connectivity index (χ3v) is 9.49. The van der Waals surface area contributed by atoms with E-state index in [1.165, 1.54) is 16.7 Å². The van der Waals surface area contributed by atoms with Gasteiger partial charge in [-0.1, -0.05) is 53.4 Å². The summed E-state index contributed by atoms with van der Waals surface area (Å²) in [6.07, 6.45) is -1.43. The van der Waals surface area contributed by atoms with Crippen LogP contribution in [0.2, 0.25) is 0 Å². The molecule has 2 aliphatic heterocycles. The fourth-order valence-electron chi connectivity index (χ4n) is 5.12. The van der Waals surface area contributed by atoms with Crippen molar-refractivity contribution in [2.45, 2.75) is 28.9 Å². The Morgan fingerprint density at radius 2 is 1.76 bits per heavy atom. The molecule has 0 saturated carbocycles. The highest BCUT2D eigenvalue weighted by molar-refractivity contribution is 8.00. The number of benzene rings is 2. The highest BCUT2D eigenvalue weighted by atomic mass is 32.2. The largest absolute Gasteiger partial charge is 0.416 e. The molecular weight excluding hydrogens is 577 g/mol. The van der Waals surface area contributed by atoms with Crippen LogP contribution in [0, 0.1) is 5.92 Å². The normalized spacial score (nSPS) is 20.1. The molecule has 4 heterocycles. The van der Waals surface area contributed by atoms with Gasteiger partial charge in [-0.15, -0.1) is 0 Å². The van der Waals surface area contributed by atoms with Crippen LogP contribution in [-0.2, 0) is 27.1 Å². The Hall–Kier alpha value is -4.23. The number of carbonyl (C=O) groups is 3. The Balaban J connectivity index is 1.36. The Labute approximate surface area is 238 Å². The number of rotatable bonds is 5. The molecule has 8 nitrogen and oxygen atoms in total. The number of pyridine rings is 1. The van der Waals surface area contributed by atoms with Crippen LogP contribution in [0.3, 0.4) is 0 Å². The summed E-state index contributed by atoms with van der Waals surface area (Å²) in [6, 6.07) is 16.2. The highest BCUT2D eigenvalue weighted by Crippen LogP contribution is 2.53. The lowest BCUT2D eigenvalue weighted by Gasteiger charge is -2.30. The molecule has 3 amide bonds. The Morgan fingerprint density at radius 3 is 2.46 bits per heavy atom. The summed E-state index contributed by atoms with van der Waals surface area (Å²) in [5.41, 5.74) is 0.0808. The lowest BCUT2D eigenvalue weighted by Crippen LogP contribution is -2.33. The van der Waals surface area contributed by atoms with Crippen LogP contribution in [-0.4, -0.2) is 32.5 Å². The van der Waals surface area contributed by atoms with E-state index in [0.29, 0.717) is 21.2 Å². The van der Waals surface area contributed by atoms with Crippen LogP contribution in [0.15, 0.2) is 88.9 Å². The molecule has 1 fully saturated rings. The lowest BCUT2D eigenvalue weighted by atomic mass is 9.84. The number of imide groups is 1. The van der Waals surface area contributed by atoms with Gasteiger partial charge in [-0.3, -0.25) is 28.7 Å². The number of aromatic nitrogens is 2. The van der Waals surface area contributed by atoms with E-state index in [2.05, 4.69) is 10.3 Å². The number of carbonyl (C=O) groups excluding carboxylic acids is 3. The monoisotopic (exact) mass is 596 g/mol. The van der Waals surface area contributed by atoms with E-state index in [4.69, 9.17) is 0 Å². The summed E-state index contributed by atoms with van der Waals surface area (Å²) in [5, 5.41) is 1.92. The van der Waals surface area contributed by atoms with Crippen molar-refractivity contribution in [1.29, 1.82) is 0 Å². The number of alkyl halides is 3. The first-order valence-corrected chi connectivity index (χ1v) is 14.0. The van der Waals surface area contributed by atoms with Crippen LogP contribution in [0.1, 0.15) is 21.9 Å². The maximum Gasteiger partial charge on any atom is 0.416 e. The zero-order valence-electron chi connectivity index (χ0n) is 20.9. The van der Waals surface area contributed by atoms with E-state index in [1.807, 2.05) is 0 Å². The minimum Gasteiger partial charge on any atom is -0.325 e. The summed E-state index contributed by atoms with van der Waals surface area (Å²) in [6.45, 7) is -0.490. The average Bonchev–Trinajstić information content (AvgIpc) is 3.39. The summed E-state index contributed by atoms with van der Waals surface area (Å²) >= 11 is 1.92. The molecule has 3 atom stereocenters. The number of nitrogens with zero attached hydrogens (tertiary/aromatic N) is 3. The number of anilines is 2. The number of halogens is 3. The molecule has 1 N–H and O–H groups in total. The van der Waals surface area contributed by atoms with Gasteiger partial charge in [0.1, 0.15) is 11.8 Å². The highest BCUT2D eigenvalue weighted by Gasteiger charge is 2.56. The Morgan fingerprint density at radius 1 is 0.976 bits per heavy atom. The number of nitrogens with one attached hydrogen (secondary N) is 1. The maximum atomic E-state index is 13.8. The van der Waals surface area contributed by atoms with Gasteiger partial charge in [0.15, 0.2) is 0 Å². The molecule has 2 aromatic heterocycles. The number of fused-ring (bicyclic) bond motifs is 2.